The topological polar surface area (TPSA) is 25.2 Å². The van der Waals surface area contributed by atoms with Crippen LogP contribution < -0.4 is 5.32 Å². The fourth-order valence-corrected chi connectivity index (χ4v) is 2.51. The largest absolute Gasteiger partial charge is 0.461 e. The highest BCUT2D eigenvalue weighted by atomic mass is 19.1. The first-order chi connectivity index (χ1) is 8.31. The van der Waals surface area contributed by atoms with Crippen molar-refractivity contribution in [1.29, 1.82) is 0 Å². The Hall–Kier alpha value is -1.35. The molecule has 2 heterocycles. The minimum Gasteiger partial charge on any atom is -0.461 e. The SMILES string of the molecule is Fc1ccc2oc(CC3CCCCN3)cc2c1. The van der Waals surface area contributed by atoms with E-state index >= 15 is 0 Å². The Morgan fingerprint density at radius 3 is 3.06 bits per heavy atom. The van der Waals surface area contributed by atoms with Gasteiger partial charge in [-0.15, -0.1) is 0 Å². The fraction of sp³-hybridized carbons (Fsp3) is 0.429. The van der Waals surface area contributed by atoms with Gasteiger partial charge in [0.1, 0.15) is 17.2 Å². The van der Waals surface area contributed by atoms with Crippen LogP contribution in [0, 0.1) is 5.82 Å². The fourth-order valence-electron chi connectivity index (χ4n) is 2.51. The van der Waals surface area contributed by atoms with Gasteiger partial charge in [0.25, 0.3) is 0 Å². The van der Waals surface area contributed by atoms with Crippen LogP contribution in [-0.2, 0) is 6.42 Å². The van der Waals surface area contributed by atoms with E-state index in [4.69, 9.17) is 4.42 Å². The molecule has 2 nitrogen and oxygen atoms in total. The molecule has 1 fully saturated rings. The molecule has 17 heavy (non-hydrogen) atoms. The van der Waals surface area contributed by atoms with E-state index in [1.807, 2.05) is 6.07 Å². The lowest BCUT2D eigenvalue weighted by Gasteiger charge is -2.22. The first-order valence-electron chi connectivity index (χ1n) is 6.22. The zero-order valence-electron chi connectivity index (χ0n) is 9.71. The highest BCUT2D eigenvalue weighted by Crippen LogP contribution is 2.22. The Balaban J connectivity index is 1.80. The molecule has 1 N–H and O–H groups in total. The van der Waals surface area contributed by atoms with Gasteiger partial charge in [0, 0.05) is 17.8 Å². The lowest BCUT2D eigenvalue weighted by Crippen LogP contribution is -2.35. The maximum Gasteiger partial charge on any atom is 0.134 e. The van der Waals surface area contributed by atoms with E-state index in [1.54, 1.807) is 6.07 Å². The minimum atomic E-state index is -0.208. The van der Waals surface area contributed by atoms with Crippen LogP contribution in [0.2, 0.25) is 0 Å². The van der Waals surface area contributed by atoms with Gasteiger partial charge < -0.3 is 9.73 Å². The average molecular weight is 233 g/mol. The Morgan fingerprint density at radius 1 is 1.29 bits per heavy atom. The molecule has 0 bridgehead atoms. The van der Waals surface area contributed by atoms with Crippen LogP contribution in [0.25, 0.3) is 11.0 Å². The van der Waals surface area contributed by atoms with Crippen LogP contribution >= 0.6 is 0 Å². The summed E-state index contributed by atoms with van der Waals surface area (Å²) < 4.78 is 18.8. The molecule has 1 saturated heterocycles. The molecule has 0 saturated carbocycles. The Morgan fingerprint density at radius 2 is 2.24 bits per heavy atom. The van der Waals surface area contributed by atoms with Gasteiger partial charge in [-0.25, -0.2) is 4.39 Å². The summed E-state index contributed by atoms with van der Waals surface area (Å²) in [5, 5.41) is 4.35. The standard InChI is InChI=1S/C14H16FNO/c15-11-4-5-14-10(7-11)8-13(17-14)9-12-3-1-2-6-16-12/h4-5,7-8,12,16H,1-3,6,9H2. The quantitative estimate of drug-likeness (QED) is 0.861. The normalized spacial score (nSPS) is 20.9. The zero-order chi connectivity index (χ0) is 11.7. The van der Waals surface area contributed by atoms with E-state index in [0.29, 0.717) is 6.04 Å². The van der Waals surface area contributed by atoms with Gasteiger partial charge in [0.2, 0.25) is 0 Å². The lowest BCUT2D eigenvalue weighted by atomic mass is 10.0. The van der Waals surface area contributed by atoms with Crippen LogP contribution in [-0.4, -0.2) is 12.6 Å². The number of furan rings is 1. The third kappa shape index (κ3) is 2.34. The van der Waals surface area contributed by atoms with Crippen molar-refractivity contribution in [2.24, 2.45) is 0 Å². The molecule has 1 aromatic heterocycles. The maximum atomic E-state index is 13.1. The van der Waals surface area contributed by atoms with E-state index in [1.165, 1.54) is 31.4 Å². The predicted octanol–water partition coefficient (Wildman–Crippen LogP) is 3.26. The van der Waals surface area contributed by atoms with E-state index < -0.39 is 0 Å². The molecule has 0 radical (unpaired) electrons. The van der Waals surface area contributed by atoms with E-state index in [2.05, 4.69) is 5.32 Å². The third-order valence-electron chi connectivity index (χ3n) is 3.39. The molecule has 1 aliphatic rings. The molecule has 3 rings (SSSR count). The smallest absolute Gasteiger partial charge is 0.134 e. The second-order valence-electron chi connectivity index (χ2n) is 4.75. The summed E-state index contributed by atoms with van der Waals surface area (Å²) >= 11 is 0. The monoisotopic (exact) mass is 233 g/mol. The highest BCUT2D eigenvalue weighted by molar-refractivity contribution is 5.77. The molecule has 3 heteroatoms. The van der Waals surface area contributed by atoms with Crippen LogP contribution in [0.5, 0.6) is 0 Å². The van der Waals surface area contributed by atoms with Crippen molar-refractivity contribution in [2.75, 3.05) is 6.54 Å². The molecule has 2 aromatic rings. The molecule has 1 aliphatic heterocycles. The summed E-state index contributed by atoms with van der Waals surface area (Å²) in [4.78, 5) is 0. The predicted molar refractivity (Wildman–Crippen MR) is 65.5 cm³/mol. The molecule has 1 atom stereocenters. The molecule has 0 aliphatic carbocycles. The van der Waals surface area contributed by atoms with Gasteiger partial charge >= 0.3 is 0 Å². The summed E-state index contributed by atoms with van der Waals surface area (Å²) in [5.41, 5.74) is 0.775. The van der Waals surface area contributed by atoms with Crippen molar-refractivity contribution in [3.05, 3.63) is 35.8 Å². The number of halogens is 1. The third-order valence-corrected chi connectivity index (χ3v) is 3.39. The van der Waals surface area contributed by atoms with E-state index in [0.717, 1.165) is 29.7 Å². The molecule has 0 spiro atoms. The van der Waals surface area contributed by atoms with E-state index in [-0.39, 0.29) is 5.82 Å². The van der Waals surface area contributed by atoms with Gasteiger partial charge in [-0.2, -0.15) is 0 Å². The summed E-state index contributed by atoms with van der Waals surface area (Å²) in [6.07, 6.45) is 4.65. The second-order valence-corrected chi connectivity index (χ2v) is 4.75. The summed E-state index contributed by atoms with van der Waals surface area (Å²) in [7, 11) is 0. The van der Waals surface area contributed by atoms with Crippen molar-refractivity contribution in [3.8, 4) is 0 Å². The zero-order valence-corrected chi connectivity index (χ0v) is 9.71. The summed E-state index contributed by atoms with van der Waals surface area (Å²) in [6.45, 7) is 1.10. The van der Waals surface area contributed by atoms with Gasteiger partial charge in [-0.3, -0.25) is 0 Å². The van der Waals surface area contributed by atoms with Crippen LogP contribution in [0.15, 0.2) is 28.7 Å². The average Bonchev–Trinajstić information content (AvgIpc) is 2.71. The first-order valence-corrected chi connectivity index (χ1v) is 6.22. The maximum absolute atomic E-state index is 13.1. The highest BCUT2D eigenvalue weighted by Gasteiger charge is 2.15. The van der Waals surface area contributed by atoms with E-state index in [9.17, 15) is 4.39 Å². The van der Waals surface area contributed by atoms with Gasteiger partial charge in [-0.05, 0) is 43.7 Å². The summed E-state index contributed by atoms with van der Waals surface area (Å²) in [5.74, 6) is 0.741. The van der Waals surface area contributed by atoms with Crippen molar-refractivity contribution in [3.63, 3.8) is 0 Å². The van der Waals surface area contributed by atoms with Crippen molar-refractivity contribution >= 4 is 11.0 Å². The molecular weight excluding hydrogens is 217 g/mol. The van der Waals surface area contributed by atoms with Crippen LogP contribution in [0.1, 0.15) is 25.0 Å². The molecule has 1 unspecified atom stereocenters. The first kappa shape index (κ1) is 10.8. The second kappa shape index (κ2) is 4.49. The Labute approximate surface area is 99.8 Å². The van der Waals surface area contributed by atoms with Gasteiger partial charge in [-0.1, -0.05) is 6.42 Å². The number of nitrogens with one attached hydrogen (secondary N) is 1. The number of rotatable bonds is 2. The van der Waals surface area contributed by atoms with Crippen LogP contribution in [0.3, 0.4) is 0 Å². The lowest BCUT2D eigenvalue weighted by molar-refractivity contribution is 0.378. The number of hydrogen-bond acceptors (Lipinski definition) is 2. The molecular formula is C14H16FNO. The number of benzene rings is 1. The summed E-state index contributed by atoms with van der Waals surface area (Å²) in [6, 6.07) is 7.12. The van der Waals surface area contributed by atoms with Gasteiger partial charge in [0.15, 0.2) is 0 Å². The molecule has 1 aromatic carbocycles. The molecule has 90 valence electrons. The number of hydrogen-bond donors (Lipinski definition) is 1. The van der Waals surface area contributed by atoms with Crippen LogP contribution in [0.4, 0.5) is 4.39 Å². The Kier molecular flexibility index (Phi) is 2.85. The Bertz CT molecular complexity index is 514. The molecule has 0 amide bonds. The van der Waals surface area contributed by atoms with Crippen molar-refractivity contribution in [2.45, 2.75) is 31.7 Å². The minimum absolute atomic E-state index is 0.208. The van der Waals surface area contributed by atoms with Crippen molar-refractivity contribution < 1.29 is 8.81 Å². The number of fused-ring (bicyclic) bond motifs is 1. The number of piperidine rings is 1. The van der Waals surface area contributed by atoms with Gasteiger partial charge in [0.05, 0.1) is 0 Å². The van der Waals surface area contributed by atoms with Crippen molar-refractivity contribution in [1.82, 2.24) is 5.32 Å².